The molecule has 4 nitrogen and oxygen atoms in total. The molecule has 2 aromatic rings. The van der Waals surface area contributed by atoms with Crippen LogP contribution < -0.4 is 10.6 Å². The summed E-state index contributed by atoms with van der Waals surface area (Å²) in [4.78, 5) is 23.8. The van der Waals surface area contributed by atoms with E-state index >= 15 is 0 Å². The van der Waals surface area contributed by atoms with Crippen LogP contribution in [0.5, 0.6) is 0 Å². The number of alkyl halides is 6. The predicted molar refractivity (Wildman–Crippen MR) is 137 cm³/mol. The van der Waals surface area contributed by atoms with Crippen LogP contribution in [0.15, 0.2) is 48.5 Å². The minimum absolute atomic E-state index is 0.246. The van der Waals surface area contributed by atoms with E-state index in [1.807, 2.05) is 48.5 Å². The van der Waals surface area contributed by atoms with Gasteiger partial charge in [-0.05, 0) is 144 Å². The van der Waals surface area contributed by atoms with Crippen molar-refractivity contribution in [3.63, 3.8) is 0 Å². The molecule has 2 rings (SSSR count). The highest BCUT2D eigenvalue weighted by Crippen LogP contribution is 2.35. The smallest absolute Gasteiger partial charge is 0.263 e. The number of aryl methyl sites for hydroxylation is 2. The number of carbonyl (C=O) groups is 2. The molecule has 150 valence electrons. The summed E-state index contributed by atoms with van der Waals surface area (Å²) in [5.74, 6) is -0.492. The Labute approximate surface area is 213 Å². The average Bonchev–Trinajstić information content (AvgIpc) is 2.60. The van der Waals surface area contributed by atoms with Crippen molar-refractivity contribution in [1.29, 1.82) is 0 Å². The Kier molecular flexibility index (Phi) is 9.22. The Morgan fingerprint density at radius 1 is 0.607 bits per heavy atom. The van der Waals surface area contributed by atoms with Crippen molar-refractivity contribution in [1.82, 2.24) is 0 Å². The average molecular weight is 770 g/mol. The second-order valence-electron chi connectivity index (χ2n) is 5.80. The topological polar surface area (TPSA) is 58.2 Å². The number of rotatable bonds is 5. The fourth-order valence-electron chi connectivity index (χ4n) is 2.20. The van der Waals surface area contributed by atoms with Crippen molar-refractivity contribution in [2.24, 2.45) is 0 Å². The second-order valence-corrected chi connectivity index (χ2v) is 19.3. The van der Waals surface area contributed by atoms with Crippen molar-refractivity contribution in [3.05, 3.63) is 59.7 Å². The van der Waals surface area contributed by atoms with E-state index in [1.54, 1.807) is 0 Å². The maximum absolute atomic E-state index is 11.9. The fraction of sp³-hybridized carbons (Fsp3) is 0.222. The standard InChI is InChI=1S/C18H14Br6N2O2/c19-17(20,21)15(27)25-13-7-3-11(4-8-13)1-2-12-5-9-14(10-6-12)26-16(28)18(22,23)24/h3-10H,1-2H2,(H,25,27)(H,26,28). The number of amides is 2. The molecule has 0 spiro atoms. The lowest BCUT2D eigenvalue weighted by Crippen LogP contribution is -2.25. The van der Waals surface area contributed by atoms with Crippen LogP contribution in [0.4, 0.5) is 11.4 Å². The third kappa shape index (κ3) is 8.18. The van der Waals surface area contributed by atoms with Crippen molar-refractivity contribution < 1.29 is 9.59 Å². The number of benzene rings is 2. The molecule has 0 aliphatic rings. The highest BCUT2D eigenvalue weighted by atomic mass is 80.0. The van der Waals surface area contributed by atoms with Gasteiger partial charge in [0.05, 0.1) is 0 Å². The lowest BCUT2D eigenvalue weighted by Gasteiger charge is -2.13. The Bertz CT molecular complexity index is 756. The maximum Gasteiger partial charge on any atom is 0.263 e. The van der Waals surface area contributed by atoms with E-state index in [0.29, 0.717) is 0 Å². The van der Waals surface area contributed by atoms with E-state index in [1.165, 1.54) is 11.1 Å². The molecule has 0 unspecified atom stereocenters. The largest absolute Gasteiger partial charge is 0.323 e. The Balaban J connectivity index is 1.88. The molecule has 0 saturated carbocycles. The van der Waals surface area contributed by atoms with Crippen LogP contribution in [0.25, 0.3) is 0 Å². The summed E-state index contributed by atoms with van der Waals surface area (Å²) in [5, 5.41) is 5.58. The molecule has 28 heavy (non-hydrogen) atoms. The Morgan fingerprint density at radius 2 is 0.893 bits per heavy atom. The first kappa shape index (κ1) is 24.5. The van der Waals surface area contributed by atoms with Gasteiger partial charge >= 0.3 is 0 Å². The summed E-state index contributed by atoms with van der Waals surface area (Å²) in [5.41, 5.74) is 3.78. The molecule has 0 atom stereocenters. The minimum atomic E-state index is -0.976. The van der Waals surface area contributed by atoms with E-state index in [4.69, 9.17) is 0 Å². The van der Waals surface area contributed by atoms with Crippen LogP contribution in [0, 0.1) is 0 Å². The van der Waals surface area contributed by atoms with Crippen LogP contribution in [-0.2, 0) is 22.4 Å². The van der Waals surface area contributed by atoms with Crippen molar-refractivity contribution in [2.75, 3.05) is 10.6 Å². The molecule has 0 radical (unpaired) electrons. The number of anilines is 2. The van der Waals surface area contributed by atoms with Crippen LogP contribution in [0.3, 0.4) is 0 Å². The van der Waals surface area contributed by atoms with Gasteiger partial charge in [0.15, 0.2) is 0 Å². The van der Waals surface area contributed by atoms with Gasteiger partial charge in [-0.2, -0.15) is 0 Å². The van der Waals surface area contributed by atoms with Gasteiger partial charge in [-0.15, -0.1) is 0 Å². The SMILES string of the molecule is O=C(Nc1ccc(CCc2ccc(NC(=O)C(Br)(Br)Br)cc2)cc1)C(Br)(Br)Br. The van der Waals surface area contributed by atoms with Gasteiger partial charge in [0.1, 0.15) is 0 Å². The summed E-state index contributed by atoms with van der Waals surface area (Å²) < 4.78 is -1.95. The van der Waals surface area contributed by atoms with Gasteiger partial charge in [-0.25, -0.2) is 0 Å². The highest BCUT2D eigenvalue weighted by Gasteiger charge is 2.29. The van der Waals surface area contributed by atoms with Crippen LogP contribution in [0.1, 0.15) is 11.1 Å². The van der Waals surface area contributed by atoms with Crippen molar-refractivity contribution in [3.8, 4) is 0 Å². The van der Waals surface area contributed by atoms with Gasteiger partial charge in [0.2, 0.25) is 4.29 Å². The second kappa shape index (κ2) is 10.5. The molecule has 0 aliphatic carbocycles. The Morgan fingerprint density at radius 3 is 1.14 bits per heavy atom. The van der Waals surface area contributed by atoms with E-state index in [-0.39, 0.29) is 11.8 Å². The van der Waals surface area contributed by atoms with Gasteiger partial charge in [0.25, 0.3) is 11.8 Å². The van der Waals surface area contributed by atoms with Crippen LogP contribution >= 0.6 is 95.6 Å². The lowest BCUT2D eigenvalue weighted by atomic mass is 10.0. The van der Waals surface area contributed by atoms with Gasteiger partial charge < -0.3 is 10.6 Å². The maximum atomic E-state index is 11.9. The molecule has 0 fully saturated rings. The summed E-state index contributed by atoms with van der Waals surface area (Å²) in [6.45, 7) is 0. The first-order valence-corrected chi connectivity index (χ1v) is 12.6. The summed E-state index contributed by atoms with van der Waals surface area (Å²) in [6.07, 6.45) is 1.74. The zero-order valence-corrected chi connectivity index (χ0v) is 23.6. The molecule has 0 aliphatic heterocycles. The molecular weight excluding hydrogens is 756 g/mol. The number of hydrogen-bond acceptors (Lipinski definition) is 2. The molecule has 0 aromatic heterocycles. The molecule has 0 heterocycles. The molecule has 2 aromatic carbocycles. The molecule has 2 N–H and O–H groups in total. The number of nitrogens with one attached hydrogen (secondary N) is 2. The molecular formula is C18H14Br6N2O2. The number of carbonyl (C=O) groups excluding carboxylic acids is 2. The third-order valence-corrected chi connectivity index (χ3v) is 5.80. The quantitative estimate of drug-likeness (QED) is 0.322. The lowest BCUT2D eigenvalue weighted by molar-refractivity contribution is -0.115. The van der Waals surface area contributed by atoms with Crippen LogP contribution in [-0.4, -0.2) is 16.1 Å². The van der Waals surface area contributed by atoms with E-state index in [0.717, 1.165) is 24.2 Å². The zero-order chi connectivity index (χ0) is 20.9. The molecule has 2 amide bonds. The zero-order valence-electron chi connectivity index (χ0n) is 14.1. The van der Waals surface area contributed by atoms with Crippen molar-refractivity contribution >= 4 is 119 Å². The van der Waals surface area contributed by atoms with Gasteiger partial charge in [-0.1, -0.05) is 24.3 Å². The molecule has 0 bridgehead atoms. The monoisotopic (exact) mass is 764 g/mol. The summed E-state index contributed by atoms with van der Waals surface area (Å²) >= 11 is 19.1. The number of halogens is 6. The molecule has 0 saturated heterocycles. The highest BCUT2D eigenvalue weighted by molar-refractivity contribution is 9.40. The van der Waals surface area contributed by atoms with Crippen molar-refractivity contribution in [2.45, 2.75) is 17.1 Å². The van der Waals surface area contributed by atoms with E-state index < -0.39 is 4.29 Å². The van der Waals surface area contributed by atoms with Gasteiger partial charge in [-0.3, -0.25) is 9.59 Å². The third-order valence-electron chi connectivity index (χ3n) is 3.64. The normalized spacial score (nSPS) is 11.8. The number of hydrogen-bond donors (Lipinski definition) is 2. The molecule has 10 heteroatoms. The van der Waals surface area contributed by atoms with E-state index in [9.17, 15) is 9.59 Å². The first-order chi connectivity index (χ1) is 12.9. The minimum Gasteiger partial charge on any atom is -0.323 e. The van der Waals surface area contributed by atoms with E-state index in [2.05, 4.69) is 106 Å². The van der Waals surface area contributed by atoms with Crippen LogP contribution in [0.2, 0.25) is 0 Å². The summed E-state index contributed by atoms with van der Waals surface area (Å²) in [6, 6.07) is 15.5. The Hall–Kier alpha value is 0.260. The first-order valence-electron chi connectivity index (χ1n) is 7.89. The van der Waals surface area contributed by atoms with Gasteiger partial charge in [0, 0.05) is 11.4 Å². The predicted octanol–water partition coefficient (Wildman–Crippen LogP) is 7.03. The fourth-order valence-corrected chi connectivity index (χ4v) is 2.80. The summed E-state index contributed by atoms with van der Waals surface area (Å²) in [7, 11) is 0.